The first-order valence-corrected chi connectivity index (χ1v) is 8.02. The van der Waals surface area contributed by atoms with Crippen LogP contribution in [0.2, 0.25) is 0 Å². The van der Waals surface area contributed by atoms with Crippen LogP contribution in [0.25, 0.3) is 10.9 Å². The average molecular weight is 284 g/mol. The number of H-pyrrole nitrogens is 1. The van der Waals surface area contributed by atoms with Gasteiger partial charge in [0.1, 0.15) is 0 Å². The van der Waals surface area contributed by atoms with Gasteiger partial charge in [0.15, 0.2) is 5.78 Å². The fraction of sp³-hybridized carbons (Fsp3) is 0.500. The molecule has 1 aliphatic rings. The Hall–Kier alpha value is -1.61. The minimum absolute atomic E-state index is 0.230. The summed E-state index contributed by atoms with van der Waals surface area (Å²) in [6.07, 6.45) is 6.93. The predicted molar refractivity (Wildman–Crippen MR) is 86.7 cm³/mol. The molecule has 0 unspecified atom stereocenters. The summed E-state index contributed by atoms with van der Waals surface area (Å²) in [5, 5.41) is 1.04. The summed E-state index contributed by atoms with van der Waals surface area (Å²) in [5.41, 5.74) is 1.87. The summed E-state index contributed by atoms with van der Waals surface area (Å²) in [6.45, 7) is 4.92. The monoisotopic (exact) mass is 284 g/mol. The molecular weight excluding hydrogens is 260 g/mol. The van der Waals surface area contributed by atoms with Gasteiger partial charge in [-0.25, -0.2) is 0 Å². The second-order valence-electron chi connectivity index (χ2n) is 6.38. The number of benzene rings is 1. The number of nitrogens with one attached hydrogen (secondary N) is 1. The molecule has 1 N–H and O–H groups in total. The van der Waals surface area contributed by atoms with Crippen LogP contribution in [0.4, 0.5) is 0 Å². The molecule has 3 nitrogen and oxygen atoms in total. The molecule has 0 atom stereocenters. The number of para-hydroxylation sites is 1. The molecule has 3 heteroatoms. The lowest BCUT2D eigenvalue weighted by Crippen LogP contribution is -2.42. The molecule has 112 valence electrons. The summed E-state index contributed by atoms with van der Waals surface area (Å²) in [6, 6.07) is 9.02. The van der Waals surface area contributed by atoms with E-state index in [1.807, 2.05) is 30.5 Å². The van der Waals surface area contributed by atoms with Crippen LogP contribution in [0.15, 0.2) is 30.5 Å². The predicted octanol–water partition coefficient (Wildman–Crippen LogP) is 4.00. The van der Waals surface area contributed by atoms with Gasteiger partial charge in [-0.15, -0.1) is 0 Å². The Kier molecular flexibility index (Phi) is 4.11. The fourth-order valence-electron chi connectivity index (χ4n) is 3.52. The van der Waals surface area contributed by atoms with Gasteiger partial charge >= 0.3 is 0 Å². The van der Waals surface area contributed by atoms with Gasteiger partial charge in [0.05, 0.1) is 6.54 Å². The smallest absolute Gasteiger partial charge is 0.178 e. The van der Waals surface area contributed by atoms with E-state index >= 15 is 0 Å². The fourth-order valence-corrected chi connectivity index (χ4v) is 3.52. The van der Waals surface area contributed by atoms with Crippen LogP contribution < -0.4 is 0 Å². The molecule has 1 saturated carbocycles. The zero-order chi connectivity index (χ0) is 14.8. The minimum atomic E-state index is 0.230. The maximum Gasteiger partial charge on any atom is 0.178 e. The van der Waals surface area contributed by atoms with Gasteiger partial charge < -0.3 is 4.98 Å². The number of aromatic nitrogens is 1. The van der Waals surface area contributed by atoms with E-state index in [0.29, 0.717) is 18.6 Å². The summed E-state index contributed by atoms with van der Waals surface area (Å²) >= 11 is 0. The topological polar surface area (TPSA) is 36.1 Å². The highest BCUT2D eigenvalue weighted by atomic mass is 16.1. The van der Waals surface area contributed by atoms with Crippen molar-refractivity contribution in [3.8, 4) is 0 Å². The van der Waals surface area contributed by atoms with Crippen LogP contribution in [0.5, 0.6) is 0 Å². The molecule has 1 fully saturated rings. The summed E-state index contributed by atoms with van der Waals surface area (Å²) in [4.78, 5) is 18.3. The SMILES string of the molecule is CC(C)N(CC(=O)c1c[nH]c2ccccc12)C1CCCC1. The molecule has 0 bridgehead atoms. The van der Waals surface area contributed by atoms with Crippen molar-refractivity contribution in [1.82, 2.24) is 9.88 Å². The molecule has 21 heavy (non-hydrogen) atoms. The van der Waals surface area contributed by atoms with E-state index in [1.54, 1.807) is 0 Å². The number of carbonyl (C=O) groups is 1. The Bertz CT molecular complexity index is 623. The molecule has 1 aromatic carbocycles. The van der Waals surface area contributed by atoms with Crippen molar-refractivity contribution in [3.05, 3.63) is 36.0 Å². The molecule has 0 amide bonds. The summed E-state index contributed by atoms with van der Waals surface area (Å²) < 4.78 is 0. The van der Waals surface area contributed by atoms with Crippen molar-refractivity contribution >= 4 is 16.7 Å². The maximum atomic E-state index is 12.7. The van der Waals surface area contributed by atoms with Crippen molar-refractivity contribution in [2.45, 2.75) is 51.6 Å². The standard InChI is InChI=1S/C18H24N2O/c1-13(2)20(14-7-3-4-8-14)12-18(21)16-11-19-17-10-6-5-9-15(16)17/h5-6,9-11,13-14,19H,3-4,7-8,12H2,1-2H3. The third-order valence-corrected chi connectivity index (χ3v) is 4.67. The lowest BCUT2D eigenvalue weighted by atomic mass is 10.1. The quantitative estimate of drug-likeness (QED) is 0.842. The Morgan fingerprint density at radius 2 is 2.00 bits per heavy atom. The molecule has 0 aliphatic heterocycles. The van der Waals surface area contributed by atoms with Crippen LogP contribution in [-0.2, 0) is 0 Å². The van der Waals surface area contributed by atoms with E-state index in [9.17, 15) is 4.79 Å². The number of aromatic amines is 1. The Morgan fingerprint density at radius 3 is 2.71 bits per heavy atom. The first kappa shape index (κ1) is 14.3. The number of nitrogens with zero attached hydrogens (tertiary/aromatic N) is 1. The van der Waals surface area contributed by atoms with Crippen LogP contribution in [0, 0.1) is 0 Å². The number of Topliss-reactive ketones (excluding diaryl/α,β-unsaturated/α-hetero) is 1. The number of carbonyl (C=O) groups excluding carboxylic acids is 1. The number of hydrogen-bond acceptors (Lipinski definition) is 2. The maximum absolute atomic E-state index is 12.7. The molecule has 1 aromatic heterocycles. The number of fused-ring (bicyclic) bond motifs is 1. The third-order valence-electron chi connectivity index (χ3n) is 4.67. The number of rotatable bonds is 5. The van der Waals surface area contributed by atoms with E-state index in [2.05, 4.69) is 23.7 Å². The third kappa shape index (κ3) is 2.88. The molecule has 2 aromatic rings. The van der Waals surface area contributed by atoms with Crippen LogP contribution in [0.1, 0.15) is 49.9 Å². The molecule has 1 heterocycles. The minimum Gasteiger partial charge on any atom is -0.360 e. The zero-order valence-electron chi connectivity index (χ0n) is 12.9. The van der Waals surface area contributed by atoms with Crippen LogP contribution in [0.3, 0.4) is 0 Å². The van der Waals surface area contributed by atoms with Gasteiger partial charge in [0.25, 0.3) is 0 Å². The highest BCUT2D eigenvalue weighted by molar-refractivity contribution is 6.08. The van der Waals surface area contributed by atoms with Crippen molar-refractivity contribution in [2.24, 2.45) is 0 Å². The van der Waals surface area contributed by atoms with E-state index in [1.165, 1.54) is 25.7 Å². The van der Waals surface area contributed by atoms with Gasteiger partial charge in [0.2, 0.25) is 0 Å². The number of hydrogen-bond donors (Lipinski definition) is 1. The van der Waals surface area contributed by atoms with Gasteiger partial charge in [-0.1, -0.05) is 31.0 Å². The van der Waals surface area contributed by atoms with Crippen molar-refractivity contribution < 1.29 is 4.79 Å². The molecule has 0 radical (unpaired) electrons. The normalized spacial score (nSPS) is 16.4. The molecule has 3 rings (SSSR count). The summed E-state index contributed by atoms with van der Waals surface area (Å²) in [5.74, 6) is 0.230. The Labute approximate surface area is 126 Å². The first-order valence-electron chi connectivity index (χ1n) is 8.02. The van der Waals surface area contributed by atoms with Crippen molar-refractivity contribution in [2.75, 3.05) is 6.54 Å². The lowest BCUT2D eigenvalue weighted by molar-refractivity contribution is 0.0845. The van der Waals surface area contributed by atoms with Gasteiger partial charge in [0, 0.05) is 34.7 Å². The van der Waals surface area contributed by atoms with E-state index in [0.717, 1.165) is 16.5 Å². The van der Waals surface area contributed by atoms with Gasteiger partial charge in [-0.3, -0.25) is 9.69 Å². The lowest BCUT2D eigenvalue weighted by Gasteiger charge is -2.31. The summed E-state index contributed by atoms with van der Waals surface area (Å²) in [7, 11) is 0. The zero-order valence-corrected chi connectivity index (χ0v) is 12.9. The highest BCUT2D eigenvalue weighted by Gasteiger charge is 2.27. The van der Waals surface area contributed by atoms with Crippen molar-refractivity contribution in [3.63, 3.8) is 0 Å². The number of ketones is 1. The Balaban J connectivity index is 1.80. The van der Waals surface area contributed by atoms with Crippen molar-refractivity contribution in [1.29, 1.82) is 0 Å². The van der Waals surface area contributed by atoms with Crippen LogP contribution in [-0.4, -0.2) is 34.3 Å². The second kappa shape index (κ2) is 6.02. The van der Waals surface area contributed by atoms with E-state index in [4.69, 9.17) is 0 Å². The molecule has 0 saturated heterocycles. The molecular formula is C18H24N2O. The Morgan fingerprint density at radius 1 is 1.29 bits per heavy atom. The average Bonchev–Trinajstić information content (AvgIpc) is 3.13. The molecule has 1 aliphatic carbocycles. The highest BCUT2D eigenvalue weighted by Crippen LogP contribution is 2.26. The van der Waals surface area contributed by atoms with E-state index in [-0.39, 0.29) is 5.78 Å². The van der Waals surface area contributed by atoms with E-state index < -0.39 is 0 Å². The van der Waals surface area contributed by atoms with Crippen LogP contribution >= 0.6 is 0 Å². The second-order valence-corrected chi connectivity index (χ2v) is 6.38. The van der Waals surface area contributed by atoms with Gasteiger partial charge in [-0.05, 0) is 32.8 Å². The van der Waals surface area contributed by atoms with Gasteiger partial charge in [-0.2, -0.15) is 0 Å². The first-order chi connectivity index (χ1) is 10.2. The largest absolute Gasteiger partial charge is 0.360 e. The molecule has 0 spiro atoms.